The van der Waals surface area contributed by atoms with Gasteiger partial charge in [0.05, 0.1) is 15.7 Å². The molecule has 0 heterocycles. The van der Waals surface area contributed by atoms with Crippen LogP contribution in [0.2, 0.25) is 10.0 Å². The Hall–Kier alpha value is -2.04. The minimum atomic E-state index is -0.205. The first-order valence-corrected chi connectivity index (χ1v) is 8.65. The topological polar surface area (TPSA) is 49.4 Å². The molecule has 0 aliphatic rings. The van der Waals surface area contributed by atoms with Crippen LogP contribution in [-0.4, -0.2) is 18.4 Å². The molecule has 2 amide bonds. The molecule has 1 N–H and O–H groups in total. The van der Waals surface area contributed by atoms with Crippen LogP contribution in [0.4, 0.5) is 11.4 Å². The van der Waals surface area contributed by atoms with Crippen molar-refractivity contribution in [3.05, 3.63) is 57.6 Å². The Kier molecular flexibility index (Phi) is 6.45. The molecule has 0 aliphatic heterocycles. The Balaban J connectivity index is 2.09. The molecule has 2 aromatic carbocycles. The van der Waals surface area contributed by atoms with Crippen molar-refractivity contribution in [1.29, 1.82) is 0 Å². The van der Waals surface area contributed by atoms with Gasteiger partial charge in [0.15, 0.2) is 0 Å². The van der Waals surface area contributed by atoms with Crippen molar-refractivity contribution in [1.82, 2.24) is 0 Å². The zero-order chi connectivity index (χ0) is 18.6. The molecule has 0 bridgehead atoms. The van der Waals surface area contributed by atoms with E-state index in [9.17, 15) is 9.59 Å². The monoisotopic (exact) mass is 378 g/mol. The van der Waals surface area contributed by atoms with Gasteiger partial charge >= 0.3 is 0 Å². The fraction of sp³-hybridized carbons (Fsp3) is 0.263. The maximum atomic E-state index is 12.3. The van der Waals surface area contributed by atoms with Crippen molar-refractivity contribution < 1.29 is 9.59 Å². The second kappa shape index (κ2) is 8.37. The molecule has 0 aromatic heterocycles. The molecule has 0 saturated carbocycles. The van der Waals surface area contributed by atoms with Gasteiger partial charge in [-0.25, -0.2) is 0 Å². The Labute approximate surface area is 157 Å². The van der Waals surface area contributed by atoms with E-state index in [0.717, 1.165) is 16.8 Å². The van der Waals surface area contributed by atoms with Crippen LogP contribution in [0, 0.1) is 13.8 Å². The molecule has 0 spiro atoms. The van der Waals surface area contributed by atoms with Crippen LogP contribution in [0.25, 0.3) is 0 Å². The van der Waals surface area contributed by atoms with E-state index < -0.39 is 0 Å². The summed E-state index contributed by atoms with van der Waals surface area (Å²) in [5.74, 6) is -0.373. The molecule has 4 nitrogen and oxygen atoms in total. The highest BCUT2D eigenvalue weighted by molar-refractivity contribution is 6.44. The first-order valence-electron chi connectivity index (χ1n) is 7.89. The van der Waals surface area contributed by atoms with Crippen LogP contribution in [0.1, 0.15) is 24.5 Å². The van der Waals surface area contributed by atoms with Gasteiger partial charge in [0, 0.05) is 25.6 Å². The zero-order valence-corrected chi connectivity index (χ0v) is 15.9. The van der Waals surface area contributed by atoms with Gasteiger partial charge in [-0.3, -0.25) is 9.59 Å². The van der Waals surface area contributed by atoms with Crippen molar-refractivity contribution >= 4 is 46.4 Å². The first-order chi connectivity index (χ1) is 11.8. The zero-order valence-electron chi connectivity index (χ0n) is 14.4. The van der Waals surface area contributed by atoms with E-state index >= 15 is 0 Å². The van der Waals surface area contributed by atoms with Crippen LogP contribution in [0.5, 0.6) is 0 Å². The molecule has 2 aromatic rings. The summed E-state index contributed by atoms with van der Waals surface area (Å²) in [5, 5.41) is 3.55. The van der Waals surface area contributed by atoms with Crippen molar-refractivity contribution in [2.45, 2.75) is 27.2 Å². The second-order valence-electron chi connectivity index (χ2n) is 5.79. The molecular weight excluding hydrogens is 359 g/mol. The van der Waals surface area contributed by atoms with E-state index in [1.165, 1.54) is 11.8 Å². The number of nitrogens with one attached hydrogen (secondary N) is 1. The summed E-state index contributed by atoms with van der Waals surface area (Å²) >= 11 is 12.2. The number of carbonyl (C=O) groups is 2. The molecule has 6 heteroatoms. The first kappa shape index (κ1) is 19.3. The lowest BCUT2D eigenvalue weighted by atomic mass is 10.1. The summed E-state index contributed by atoms with van der Waals surface area (Å²) < 4.78 is 0. The van der Waals surface area contributed by atoms with Gasteiger partial charge in [0.2, 0.25) is 11.8 Å². The smallest absolute Gasteiger partial charge is 0.226 e. The van der Waals surface area contributed by atoms with Crippen LogP contribution >= 0.6 is 23.2 Å². The highest BCUT2D eigenvalue weighted by Crippen LogP contribution is 2.32. The molecular formula is C19H20Cl2N2O2. The number of rotatable bonds is 5. The SMILES string of the molecule is CC(=O)N(CCC(=O)Nc1cccc(C)c1C)c1cccc(Cl)c1Cl. The maximum Gasteiger partial charge on any atom is 0.226 e. The van der Waals surface area contributed by atoms with Crippen molar-refractivity contribution in [2.24, 2.45) is 0 Å². The van der Waals surface area contributed by atoms with Gasteiger partial charge in [-0.15, -0.1) is 0 Å². The molecule has 0 radical (unpaired) electrons. The number of hydrogen-bond acceptors (Lipinski definition) is 2. The van der Waals surface area contributed by atoms with E-state index in [1.54, 1.807) is 18.2 Å². The molecule has 0 unspecified atom stereocenters. The van der Waals surface area contributed by atoms with Gasteiger partial charge in [-0.05, 0) is 43.2 Å². The van der Waals surface area contributed by atoms with Crippen molar-refractivity contribution in [3.8, 4) is 0 Å². The number of aryl methyl sites for hydroxylation is 1. The molecule has 25 heavy (non-hydrogen) atoms. The molecule has 132 valence electrons. The third-order valence-electron chi connectivity index (χ3n) is 4.04. The lowest BCUT2D eigenvalue weighted by Gasteiger charge is -2.22. The number of halogens is 2. The van der Waals surface area contributed by atoms with E-state index in [2.05, 4.69) is 5.32 Å². The number of carbonyl (C=O) groups excluding carboxylic acids is 2. The lowest BCUT2D eigenvalue weighted by molar-refractivity contribution is -0.117. The van der Waals surface area contributed by atoms with Crippen molar-refractivity contribution in [2.75, 3.05) is 16.8 Å². The molecule has 0 fully saturated rings. The second-order valence-corrected chi connectivity index (χ2v) is 6.57. The summed E-state index contributed by atoms with van der Waals surface area (Å²) in [5.41, 5.74) is 3.41. The summed E-state index contributed by atoms with van der Waals surface area (Å²) in [4.78, 5) is 25.7. The van der Waals surface area contributed by atoms with Crippen LogP contribution in [0.15, 0.2) is 36.4 Å². The van der Waals surface area contributed by atoms with E-state index in [0.29, 0.717) is 15.7 Å². The van der Waals surface area contributed by atoms with Gasteiger partial charge in [-0.2, -0.15) is 0 Å². The highest BCUT2D eigenvalue weighted by atomic mass is 35.5. The van der Waals surface area contributed by atoms with E-state index in [1.807, 2.05) is 32.0 Å². The third kappa shape index (κ3) is 4.74. The van der Waals surface area contributed by atoms with Gasteiger partial charge in [0.1, 0.15) is 0 Å². The molecule has 0 aliphatic carbocycles. The fourth-order valence-electron chi connectivity index (χ4n) is 2.46. The Morgan fingerprint density at radius 3 is 2.44 bits per heavy atom. The number of amides is 2. The molecule has 2 rings (SSSR count). The van der Waals surface area contributed by atoms with Crippen LogP contribution < -0.4 is 10.2 Å². The van der Waals surface area contributed by atoms with E-state index in [4.69, 9.17) is 23.2 Å². The normalized spacial score (nSPS) is 10.4. The predicted molar refractivity (Wildman–Crippen MR) is 104 cm³/mol. The summed E-state index contributed by atoms with van der Waals surface area (Å²) in [7, 11) is 0. The molecule has 0 atom stereocenters. The number of benzene rings is 2. The third-order valence-corrected chi connectivity index (χ3v) is 4.85. The number of nitrogens with zero attached hydrogens (tertiary/aromatic N) is 1. The minimum Gasteiger partial charge on any atom is -0.326 e. The van der Waals surface area contributed by atoms with Crippen molar-refractivity contribution in [3.63, 3.8) is 0 Å². The van der Waals surface area contributed by atoms with Crippen LogP contribution in [-0.2, 0) is 9.59 Å². The number of anilines is 2. The Morgan fingerprint density at radius 1 is 1.08 bits per heavy atom. The Morgan fingerprint density at radius 2 is 1.76 bits per heavy atom. The largest absolute Gasteiger partial charge is 0.326 e. The Bertz CT molecular complexity index is 806. The number of hydrogen-bond donors (Lipinski definition) is 1. The lowest BCUT2D eigenvalue weighted by Crippen LogP contribution is -2.32. The average molecular weight is 379 g/mol. The fourth-order valence-corrected chi connectivity index (χ4v) is 2.86. The maximum absolute atomic E-state index is 12.3. The summed E-state index contributed by atoms with van der Waals surface area (Å²) in [6, 6.07) is 10.8. The predicted octanol–water partition coefficient (Wildman–Crippen LogP) is 4.99. The summed E-state index contributed by atoms with van der Waals surface area (Å²) in [6.07, 6.45) is 0.149. The van der Waals surface area contributed by atoms with Gasteiger partial charge in [-0.1, -0.05) is 41.4 Å². The minimum absolute atomic E-state index is 0.149. The van der Waals surface area contributed by atoms with Crippen LogP contribution in [0.3, 0.4) is 0 Å². The summed E-state index contributed by atoms with van der Waals surface area (Å²) in [6.45, 7) is 5.59. The average Bonchev–Trinajstić information content (AvgIpc) is 2.55. The van der Waals surface area contributed by atoms with E-state index in [-0.39, 0.29) is 24.8 Å². The van der Waals surface area contributed by atoms with Gasteiger partial charge in [0.25, 0.3) is 0 Å². The standard InChI is InChI=1S/C19H20Cl2N2O2/c1-12-6-4-8-16(13(12)2)22-18(25)10-11-23(14(3)24)17-9-5-7-15(20)19(17)21/h4-9H,10-11H2,1-3H3,(H,22,25). The quantitative estimate of drug-likeness (QED) is 0.796. The molecule has 0 saturated heterocycles. The highest BCUT2D eigenvalue weighted by Gasteiger charge is 2.18. The van der Waals surface area contributed by atoms with Gasteiger partial charge < -0.3 is 10.2 Å².